The Morgan fingerprint density at radius 3 is 2.59 bits per heavy atom. The lowest BCUT2D eigenvalue weighted by molar-refractivity contribution is -0.0195. The molecule has 0 aromatic carbocycles. The predicted octanol–water partition coefficient (Wildman–Crippen LogP) is 7.81. The first-order chi connectivity index (χ1) is 12.9. The van der Waals surface area contributed by atoms with Gasteiger partial charge >= 0.3 is 0 Å². The van der Waals surface area contributed by atoms with E-state index in [-0.39, 0.29) is 0 Å². The van der Waals surface area contributed by atoms with Crippen molar-refractivity contribution >= 4 is 0 Å². The summed E-state index contributed by atoms with van der Waals surface area (Å²) in [5.74, 6) is 3.48. The summed E-state index contributed by atoms with van der Waals surface area (Å²) in [4.78, 5) is 0. The number of hydrogen-bond acceptors (Lipinski definition) is 0. The highest BCUT2D eigenvalue weighted by molar-refractivity contribution is 5.48. The fourth-order valence-electron chi connectivity index (χ4n) is 7.33. The molecule has 0 heteroatoms. The topological polar surface area (TPSA) is 0 Å². The monoisotopic (exact) mass is 362 g/mol. The molecule has 27 heavy (non-hydrogen) atoms. The second-order valence-corrected chi connectivity index (χ2v) is 10.3. The fraction of sp³-hybridized carbons (Fsp3) is 0.630. The van der Waals surface area contributed by atoms with Gasteiger partial charge in [-0.1, -0.05) is 69.4 Å². The smallest absolute Gasteiger partial charge is 0.00383 e. The number of fused-ring (bicyclic) bond motifs is 5. The van der Waals surface area contributed by atoms with Crippen molar-refractivity contribution in [3.8, 4) is 0 Å². The van der Waals surface area contributed by atoms with Gasteiger partial charge in [-0.05, 0) is 97.5 Å². The zero-order chi connectivity index (χ0) is 19.2. The highest BCUT2D eigenvalue weighted by atomic mass is 14.6. The van der Waals surface area contributed by atoms with E-state index in [1.807, 2.05) is 5.57 Å². The summed E-state index contributed by atoms with van der Waals surface area (Å²) in [5, 5.41) is 0. The summed E-state index contributed by atoms with van der Waals surface area (Å²) in [7, 11) is 0. The van der Waals surface area contributed by atoms with Crippen LogP contribution in [-0.2, 0) is 0 Å². The zero-order valence-corrected chi connectivity index (χ0v) is 17.9. The Balaban J connectivity index is 1.64. The van der Waals surface area contributed by atoms with Crippen LogP contribution in [0, 0.1) is 34.5 Å². The van der Waals surface area contributed by atoms with Crippen molar-refractivity contribution in [2.75, 3.05) is 0 Å². The van der Waals surface area contributed by atoms with E-state index < -0.39 is 0 Å². The first-order valence-electron chi connectivity index (χ1n) is 11.3. The van der Waals surface area contributed by atoms with Crippen LogP contribution in [0.3, 0.4) is 0 Å². The third-order valence-electron chi connectivity index (χ3n) is 8.93. The Hall–Kier alpha value is -1.30. The van der Waals surface area contributed by atoms with Crippen molar-refractivity contribution < 1.29 is 0 Å². The van der Waals surface area contributed by atoms with Crippen molar-refractivity contribution in [2.24, 2.45) is 34.5 Å². The Morgan fingerprint density at radius 2 is 1.85 bits per heavy atom. The molecule has 0 spiro atoms. The minimum atomic E-state index is 0.340. The van der Waals surface area contributed by atoms with Gasteiger partial charge in [0.1, 0.15) is 0 Å². The first kappa shape index (κ1) is 19.0. The molecule has 0 nitrogen and oxygen atoms in total. The minimum absolute atomic E-state index is 0.340. The van der Waals surface area contributed by atoms with Gasteiger partial charge < -0.3 is 0 Å². The zero-order valence-electron chi connectivity index (χ0n) is 17.9. The van der Waals surface area contributed by atoms with E-state index >= 15 is 0 Å². The average molecular weight is 363 g/mol. The molecule has 0 bridgehead atoms. The minimum Gasteiger partial charge on any atom is -0.0985 e. The van der Waals surface area contributed by atoms with Gasteiger partial charge in [0, 0.05) is 0 Å². The van der Waals surface area contributed by atoms with Gasteiger partial charge in [-0.15, -0.1) is 0 Å². The molecular formula is C27H38. The molecule has 0 saturated heterocycles. The van der Waals surface area contributed by atoms with E-state index in [1.54, 1.807) is 5.57 Å². The van der Waals surface area contributed by atoms with Crippen LogP contribution in [-0.4, -0.2) is 0 Å². The third kappa shape index (κ3) is 2.86. The van der Waals surface area contributed by atoms with Gasteiger partial charge in [0.05, 0.1) is 0 Å². The third-order valence-corrected chi connectivity index (χ3v) is 8.93. The summed E-state index contributed by atoms with van der Waals surface area (Å²) in [6, 6.07) is 0. The van der Waals surface area contributed by atoms with E-state index in [2.05, 4.69) is 70.7 Å². The molecule has 0 amide bonds. The van der Waals surface area contributed by atoms with Crippen LogP contribution < -0.4 is 0 Å². The highest BCUT2D eigenvalue weighted by Gasteiger charge is 2.56. The lowest BCUT2D eigenvalue weighted by atomic mass is 9.47. The van der Waals surface area contributed by atoms with Crippen molar-refractivity contribution in [1.29, 1.82) is 0 Å². The van der Waals surface area contributed by atoms with Crippen LogP contribution in [0.1, 0.15) is 72.6 Å². The number of hydrogen-bond donors (Lipinski definition) is 0. The summed E-state index contributed by atoms with van der Waals surface area (Å²) in [6.45, 7) is 13.8. The molecular weight excluding hydrogens is 324 g/mol. The molecule has 4 rings (SSSR count). The van der Waals surface area contributed by atoms with Crippen LogP contribution in [0.4, 0.5) is 0 Å². The van der Waals surface area contributed by atoms with Crippen molar-refractivity contribution in [2.45, 2.75) is 72.6 Å². The SMILES string of the molecule is C=C/C(=C\C=C/C)C1=CCC2C3CC=C4CC(C)CCC4(C)C3CCC12C. The number of allylic oxidation sites excluding steroid dienone is 9. The maximum absolute atomic E-state index is 4.13. The molecule has 0 radical (unpaired) electrons. The van der Waals surface area contributed by atoms with E-state index in [1.165, 1.54) is 50.5 Å². The molecule has 4 aliphatic carbocycles. The number of rotatable bonds is 3. The molecule has 0 N–H and O–H groups in total. The average Bonchev–Trinajstić information content (AvgIpc) is 3.00. The first-order valence-corrected chi connectivity index (χ1v) is 11.3. The standard InChI is InChI=1S/C27H38/c1-6-8-9-20(7-2)23-12-13-24-22-11-10-21-18-19(3)14-16-26(21,4)25(22)15-17-27(23,24)5/h6-10,12,19,22,24-25H,2,11,13-18H2,1,3-5H3/b8-6-,20-9+. The van der Waals surface area contributed by atoms with Crippen molar-refractivity contribution in [3.63, 3.8) is 0 Å². The fourth-order valence-corrected chi connectivity index (χ4v) is 7.33. The van der Waals surface area contributed by atoms with E-state index in [0.717, 1.165) is 23.7 Å². The van der Waals surface area contributed by atoms with E-state index in [4.69, 9.17) is 0 Å². The lowest BCUT2D eigenvalue weighted by Crippen LogP contribution is -2.49. The molecule has 2 fully saturated rings. The molecule has 0 aliphatic heterocycles. The predicted molar refractivity (Wildman–Crippen MR) is 117 cm³/mol. The van der Waals surface area contributed by atoms with Gasteiger partial charge in [0.15, 0.2) is 0 Å². The summed E-state index contributed by atoms with van der Waals surface area (Å²) in [6.07, 6.45) is 23.4. The van der Waals surface area contributed by atoms with Crippen LogP contribution >= 0.6 is 0 Å². The Bertz CT molecular complexity index is 729. The summed E-state index contributed by atoms with van der Waals surface area (Å²) >= 11 is 0. The summed E-state index contributed by atoms with van der Waals surface area (Å²) in [5.41, 5.74) is 5.57. The molecule has 6 unspecified atom stereocenters. The Kier molecular flexibility index (Phi) is 4.90. The van der Waals surface area contributed by atoms with Crippen LogP contribution in [0.15, 0.2) is 59.8 Å². The molecule has 4 aliphatic rings. The molecule has 0 heterocycles. The van der Waals surface area contributed by atoms with Gasteiger partial charge in [-0.2, -0.15) is 0 Å². The lowest BCUT2D eigenvalue weighted by Gasteiger charge is -2.58. The molecule has 0 aromatic heterocycles. The van der Waals surface area contributed by atoms with Crippen LogP contribution in [0.25, 0.3) is 0 Å². The largest absolute Gasteiger partial charge is 0.0985 e. The Morgan fingerprint density at radius 1 is 1.07 bits per heavy atom. The Labute approximate surface area is 167 Å². The van der Waals surface area contributed by atoms with Crippen molar-refractivity contribution in [3.05, 3.63) is 59.8 Å². The van der Waals surface area contributed by atoms with Crippen LogP contribution in [0.2, 0.25) is 0 Å². The molecule has 0 aromatic rings. The molecule has 6 atom stereocenters. The van der Waals surface area contributed by atoms with E-state index in [9.17, 15) is 0 Å². The van der Waals surface area contributed by atoms with Gasteiger partial charge in [-0.3, -0.25) is 0 Å². The highest BCUT2D eigenvalue weighted by Crippen LogP contribution is 2.66. The van der Waals surface area contributed by atoms with Gasteiger partial charge in [0.2, 0.25) is 0 Å². The normalized spacial score (nSPS) is 44.2. The second-order valence-electron chi connectivity index (χ2n) is 10.3. The molecule has 146 valence electrons. The van der Waals surface area contributed by atoms with Crippen molar-refractivity contribution in [1.82, 2.24) is 0 Å². The van der Waals surface area contributed by atoms with Crippen LogP contribution in [0.5, 0.6) is 0 Å². The van der Waals surface area contributed by atoms with Gasteiger partial charge in [-0.25, -0.2) is 0 Å². The quantitative estimate of drug-likeness (QED) is 0.355. The second kappa shape index (κ2) is 6.94. The maximum Gasteiger partial charge on any atom is -0.00383 e. The summed E-state index contributed by atoms with van der Waals surface area (Å²) < 4.78 is 0. The molecule has 2 saturated carbocycles. The maximum atomic E-state index is 4.13. The van der Waals surface area contributed by atoms with Gasteiger partial charge in [0.25, 0.3) is 0 Å². The van der Waals surface area contributed by atoms with E-state index in [0.29, 0.717) is 10.8 Å².